The third-order valence-corrected chi connectivity index (χ3v) is 0.997. The van der Waals surface area contributed by atoms with Crippen molar-refractivity contribution in [3.8, 4) is 12.0 Å². The molecule has 0 fully saturated rings. The Bertz CT molecular complexity index is 160. The first-order valence-electron chi connectivity index (χ1n) is 3.30. The largest absolute Gasteiger partial charge is 0.319 e. The van der Waals surface area contributed by atoms with E-state index in [0.29, 0.717) is 0 Å². The lowest BCUT2D eigenvalue weighted by atomic mass is 10.4. The summed E-state index contributed by atoms with van der Waals surface area (Å²) in [5.41, 5.74) is 1.09. The minimum absolute atomic E-state index is 0.879. The highest BCUT2D eigenvalue weighted by Crippen LogP contribution is 1.81. The lowest BCUT2D eigenvalue weighted by Crippen LogP contribution is -2.09. The van der Waals surface area contributed by atoms with Gasteiger partial charge in [0.2, 0.25) is 0 Å². The van der Waals surface area contributed by atoms with Crippen LogP contribution < -0.4 is 10.6 Å². The number of allylic oxidation sites excluding steroid dienone is 1. The van der Waals surface area contributed by atoms with Gasteiger partial charge < -0.3 is 10.6 Å². The maximum atomic E-state index is 3.01. The predicted molar refractivity (Wildman–Crippen MR) is 44.3 cm³/mol. The quantitative estimate of drug-likeness (QED) is 0.442. The standard InChI is InChI=1S/C8H14N2/c1-4-6-10-8(2)5-7-9-3/h5,9-10H,7H2,1-3H3. The topological polar surface area (TPSA) is 24.1 Å². The molecule has 0 aromatic rings. The molecule has 0 aromatic heterocycles. The maximum absolute atomic E-state index is 3.01. The van der Waals surface area contributed by atoms with E-state index in [1.165, 1.54) is 0 Å². The number of likely N-dealkylation sites (N-methyl/N-ethyl adjacent to an activating group) is 1. The maximum Gasteiger partial charge on any atom is 0.0172 e. The van der Waals surface area contributed by atoms with Crippen LogP contribution in [-0.2, 0) is 0 Å². The average molecular weight is 138 g/mol. The highest BCUT2D eigenvalue weighted by Gasteiger charge is 1.79. The minimum atomic E-state index is 0.879. The molecule has 0 atom stereocenters. The molecule has 0 heterocycles. The van der Waals surface area contributed by atoms with Crippen LogP contribution in [0, 0.1) is 12.0 Å². The van der Waals surface area contributed by atoms with Crippen molar-refractivity contribution in [2.75, 3.05) is 13.6 Å². The molecule has 2 heteroatoms. The zero-order chi connectivity index (χ0) is 7.82. The Balaban J connectivity index is 3.56. The van der Waals surface area contributed by atoms with Crippen molar-refractivity contribution in [1.29, 1.82) is 0 Å². The van der Waals surface area contributed by atoms with Crippen LogP contribution in [0.25, 0.3) is 0 Å². The molecule has 0 amide bonds. The Hall–Kier alpha value is -0.940. The van der Waals surface area contributed by atoms with Crippen LogP contribution in [0.1, 0.15) is 13.8 Å². The van der Waals surface area contributed by atoms with Gasteiger partial charge >= 0.3 is 0 Å². The van der Waals surface area contributed by atoms with Crippen molar-refractivity contribution in [3.05, 3.63) is 11.8 Å². The van der Waals surface area contributed by atoms with Crippen molar-refractivity contribution < 1.29 is 0 Å². The summed E-state index contributed by atoms with van der Waals surface area (Å²) in [7, 11) is 1.91. The van der Waals surface area contributed by atoms with E-state index in [4.69, 9.17) is 0 Å². The van der Waals surface area contributed by atoms with Crippen LogP contribution in [0.5, 0.6) is 0 Å². The molecule has 0 saturated heterocycles. The number of hydrogen-bond acceptors (Lipinski definition) is 2. The first kappa shape index (κ1) is 9.06. The SMILES string of the molecule is CC#CNC(C)=CCNC. The fourth-order valence-electron chi connectivity index (χ4n) is 0.467. The van der Waals surface area contributed by atoms with Gasteiger partial charge in [-0.25, -0.2) is 0 Å². The van der Waals surface area contributed by atoms with E-state index >= 15 is 0 Å². The molecule has 0 bridgehead atoms. The molecular weight excluding hydrogens is 124 g/mol. The van der Waals surface area contributed by atoms with E-state index < -0.39 is 0 Å². The molecule has 0 saturated carbocycles. The van der Waals surface area contributed by atoms with Crippen LogP contribution >= 0.6 is 0 Å². The molecule has 56 valence electrons. The molecule has 0 aliphatic rings. The Labute approximate surface area is 62.7 Å². The van der Waals surface area contributed by atoms with Gasteiger partial charge in [-0.1, -0.05) is 12.0 Å². The van der Waals surface area contributed by atoms with Gasteiger partial charge in [-0.3, -0.25) is 0 Å². The van der Waals surface area contributed by atoms with Gasteiger partial charge in [0.1, 0.15) is 0 Å². The van der Waals surface area contributed by atoms with Gasteiger partial charge in [0, 0.05) is 18.3 Å². The monoisotopic (exact) mass is 138 g/mol. The van der Waals surface area contributed by atoms with E-state index in [2.05, 4.69) is 22.6 Å². The summed E-state index contributed by atoms with van der Waals surface area (Å²) in [6.45, 7) is 4.67. The highest BCUT2D eigenvalue weighted by molar-refractivity contribution is 5.06. The van der Waals surface area contributed by atoms with E-state index in [1.54, 1.807) is 6.92 Å². The van der Waals surface area contributed by atoms with Gasteiger partial charge in [-0.05, 0) is 20.9 Å². The second-order valence-electron chi connectivity index (χ2n) is 1.94. The van der Waals surface area contributed by atoms with Crippen molar-refractivity contribution in [2.45, 2.75) is 13.8 Å². The van der Waals surface area contributed by atoms with Gasteiger partial charge in [-0.2, -0.15) is 0 Å². The molecule has 2 N–H and O–H groups in total. The van der Waals surface area contributed by atoms with Gasteiger partial charge in [0.15, 0.2) is 0 Å². The lowest BCUT2D eigenvalue weighted by Gasteiger charge is -1.96. The van der Waals surface area contributed by atoms with E-state index in [-0.39, 0.29) is 0 Å². The Morgan fingerprint density at radius 3 is 2.80 bits per heavy atom. The van der Waals surface area contributed by atoms with Gasteiger partial charge in [0.25, 0.3) is 0 Å². The van der Waals surface area contributed by atoms with E-state index in [9.17, 15) is 0 Å². The van der Waals surface area contributed by atoms with E-state index in [0.717, 1.165) is 12.2 Å². The molecule has 0 aliphatic heterocycles. The zero-order valence-corrected chi connectivity index (χ0v) is 6.78. The summed E-state index contributed by atoms with van der Waals surface area (Å²) in [5.74, 6) is 2.75. The van der Waals surface area contributed by atoms with Crippen LogP contribution in [-0.4, -0.2) is 13.6 Å². The first-order valence-corrected chi connectivity index (χ1v) is 3.30. The summed E-state index contributed by atoms with van der Waals surface area (Å²) in [5, 5.41) is 5.94. The molecule has 2 nitrogen and oxygen atoms in total. The molecular formula is C8H14N2. The first-order chi connectivity index (χ1) is 4.81. The van der Waals surface area contributed by atoms with Crippen molar-refractivity contribution >= 4 is 0 Å². The molecule has 0 spiro atoms. The predicted octanol–water partition coefficient (Wildman–Crippen LogP) is 0.680. The molecule has 0 unspecified atom stereocenters. The summed E-state index contributed by atoms with van der Waals surface area (Å²) in [6.07, 6.45) is 2.05. The summed E-state index contributed by atoms with van der Waals surface area (Å²) >= 11 is 0. The molecule has 0 rings (SSSR count). The fraction of sp³-hybridized carbons (Fsp3) is 0.500. The molecule has 0 radical (unpaired) electrons. The smallest absolute Gasteiger partial charge is 0.0172 e. The summed E-state index contributed by atoms with van der Waals surface area (Å²) in [4.78, 5) is 0. The average Bonchev–Trinajstić information content (AvgIpc) is 1.97. The van der Waals surface area contributed by atoms with Crippen LogP contribution in [0.4, 0.5) is 0 Å². The van der Waals surface area contributed by atoms with Gasteiger partial charge in [-0.15, -0.1) is 0 Å². The van der Waals surface area contributed by atoms with Crippen LogP contribution in [0.3, 0.4) is 0 Å². The molecule has 0 aromatic carbocycles. The Morgan fingerprint density at radius 2 is 2.30 bits per heavy atom. The molecule has 0 aliphatic carbocycles. The fourth-order valence-corrected chi connectivity index (χ4v) is 0.467. The number of hydrogen-bond donors (Lipinski definition) is 2. The minimum Gasteiger partial charge on any atom is -0.319 e. The normalized spacial score (nSPS) is 10.1. The Kier molecular flexibility index (Phi) is 5.60. The number of nitrogens with one attached hydrogen (secondary N) is 2. The summed E-state index contributed by atoms with van der Waals surface area (Å²) < 4.78 is 0. The van der Waals surface area contributed by atoms with Crippen LogP contribution in [0.15, 0.2) is 11.8 Å². The third kappa shape index (κ3) is 5.20. The lowest BCUT2D eigenvalue weighted by molar-refractivity contribution is 0.902. The van der Waals surface area contributed by atoms with Gasteiger partial charge in [0.05, 0.1) is 0 Å². The van der Waals surface area contributed by atoms with Crippen molar-refractivity contribution in [2.24, 2.45) is 0 Å². The summed E-state index contributed by atoms with van der Waals surface area (Å²) in [6, 6.07) is 2.76. The number of rotatable bonds is 3. The van der Waals surface area contributed by atoms with E-state index in [1.807, 2.05) is 20.0 Å². The second kappa shape index (κ2) is 6.18. The Morgan fingerprint density at radius 1 is 1.60 bits per heavy atom. The second-order valence-corrected chi connectivity index (χ2v) is 1.94. The molecule has 10 heavy (non-hydrogen) atoms. The van der Waals surface area contributed by atoms with Crippen LogP contribution in [0.2, 0.25) is 0 Å². The highest BCUT2D eigenvalue weighted by atomic mass is 14.8. The van der Waals surface area contributed by atoms with Crippen molar-refractivity contribution in [3.63, 3.8) is 0 Å². The zero-order valence-electron chi connectivity index (χ0n) is 6.78. The third-order valence-electron chi connectivity index (χ3n) is 0.997. The van der Waals surface area contributed by atoms with Crippen molar-refractivity contribution in [1.82, 2.24) is 10.6 Å².